The third-order valence-corrected chi connectivity index (χ3v) is 13.4. The summed E-state index contributed by atoms with van der Waals surface area (Å²) >= 11 is 0. The summed E-state index contributed by atoms with van der Waals surface area (Å²) in [5.74, 6) is 0.264. The molecule has 60 heavy (non-hydrogen) atoms. The standard InChI is InChI=1S/C57H59N3/c1-34-13-19-43-46-22-16-37(55(4,5)6)28-52(46)58(49(43)25-34)40-31-41(59-50-26-35(2)14-20-44(50)47-23-17-38(29-53(47)59)56(7,8)9)33-42(32-40)60-51-27-36(3)15-21-45(51)48-24-18-39(30-54(48)60)57(10,11)12/h13-33,43,49H,1-12H3. The largest absolute Gasteiger partial charge is 0.333 e. The average molecular weight is 786 g/mol. The van der Waals surface area contributed by atoms with E-state index in [-0.39, 0.29) is 28.2 Å². The molecule has 0 saturated heterocycles. The van der Waals surface area contributed by atoms with Gasteiger partial charge >= 0.3 is 0 Å². The average Bonchev–Trinajstić information content (AvgIpc) is 3.80. The molecule has 0 fully saturated rings. The van der Waals surface area contributed by atoms with Crippen LogP contribution in [0.3, 0.4) is 0 Å². The van der Waals surface area contributed by atoms with E-state index in [9.17, 15) is 0 Å². The van der Waals surface area contributed by atoms with Crippen LogP contribution in [-0.2, 0) is 16.2 Å². The van der Waals surface area contributed by atoms with Gasteiger partial charge in [0.15, 0.2) is 0 Å². The van der Waals surface area contributed by atoms with Gasteiger partial charge in [0.05, 0.1) is 39.5 Å². The molecule has 2 aliphatic rings. The lowest BCUT2D eigenvalue weighted by molar-refractivity contribution is 0.590. The fraction of sp³-hybridized carbons (Fsp3) is 0.298. The highest BCUT2D eigenvalue weighted by Gasteiger charge is 2.39. The second-order valence-corrected chi connectivity index (χ2v) is 21.1. The van der Waals surface area contributed by atoms with Gasteiger partial charge in [-0.25, -0.2) is 0 Å². The third kappa shape index (κ3) is 6.07. The van der Waals surface area contributed by atoms with E-state index in [4.69, 9.17) is 0 Å². The Kier molecular flexibility index (Phi) is 8.38. The van der Waals surface area contributed by atoms with Crippen LogP contribution in [0, 0.1) is 13.8 Å². The van der Waals surface area contributed by atoms with Gasteiger partial charge in [-0.2, -0.15) is 0 Å². The SMILES string of the molecule is CC1=CC2C(C=C1)c1ccc(C(C)(C)C)cc1N2c1cc(-n2c3cc(C)ccc3c3ccc(C(C)(C)C)cc32)cc(-n2c3cc(C)ccc3c3ccc(C(C)(C)C)cc32)c1. The Balaban J connectivity index is 1.35. The quantitative estimate of drug-likeness (QED) is 0.174. The van der Waals surface area contributed by atoms with E-state index in [1.807, 2.05) is 0 Å². The van der Waals surface area contributed by atoms with Crippen molar-refractivity contribution in [1.82, 2.24) is 9.13 Å². The summed E-state index contributed by atoms with van der Waals surface area (Å²) in [5.41, 5.74) is 19.0. The van der Waals surface area contributed by atoms with E-state index in [0.717, 1.165) is 11.4 Å². The Labute approximate surface area is 356 Å². The van der Waals surface area contributed by atoms with Crippen LogP contribution in [0.1, 0.15) is 109 Å². The van der Waals surface area contributed by atoms with Crippen molar-refractivity contribution in [2.24, 2.45) is 0 Å². The number of aromatic nitrogens is 2. The first kappa shape index (κ1) is 38.4. The highest BCUT2D eigenvalue weighted by Crippen LogP contribution is 2.51. The summed E-state index contributed by atoms with van der Waals surface area (Å²) < 4.78 is 5.11. The minimum Gasteiger partial charge on any atom is -0.333 e. The molecular formula is C57H59N3. The predicted molar refractivity (Wildman–Crippen MR) is 259 cm³/mol. The van der Waals surface area contributed by atoms with Gasteiger partial charge in [0, 0.05) is 38.8 Å². The van der Waals surface area contributed by atoms with E-state index in [0.29, 0.717) is 0 Å². The van der Waals surface area contributed by atoms with Crippen molar-refractivity contribution in [2.45, 2.75) is 111 Å². The molecule has 302 valence electrons. The molecule has 2 unspecified atom stereocenters. The first-order valence-corrected chi connectivity index (χ1v) is 21.9. The van der Waals surface area contributed by atoms with Crippen LogP contribution in [0.25, 0.3) is 55.0 Å². The fourth-order valence-corrected chi connectivity index (χ4v) is 10.0. The lowest BCUT2D eigenvalue weighted by Gasteiger charge is -2.31. The van der Waals surface area contributed by atoms with Gasteiger partial charge in [0.2, 0.25) is 0 Å². The molecule has 8 aromatic rings. The molecule has 0 radical (unpaired) electrons. The minimum absolute atomic E-state index is 0.00171. The number of fused-ring (bicyclic) bond motifs is 9. The second kappa shape index (κ2) is 13.1. The van der Waals surface area contributed by atoms with Crippen molar-refractivity contribution in [3.05, 3.63) is 166 Å². The summed E-state index contributed by atoms with van der Waals surface area (Å²) in [5, 5.41) is 5.12. The highest BCUT2D eigenvalue weighted by atomic mass is 15.2. The monoisotopic (exact) mass is 785 g/mol. The number of anilines is 2. The zero-order valence-corrected chi connectivity index (χ0v) is 37.6. The lowest BCUT2D eigenvalue weighted by Crippen LogP contribution is -2.29. The molecule has 2 aromatic heterocycles. The molecule has 0 bridgehead atoms. The minimum atomic E-state index is 0.00171. The third-order valence-electron chi connectivity index (χ3n) is 13.4. The Morgan fingerprint density at radius 2 is 0.850 bits per heavy atom. The van der Waals surface area contributed by atoms with Gasteiger partial charge < -0.3 is 14.0 Å². The maximum Gasteiger partial charge on any atom is 0.0632 e. The van der Waals surface area contributed by atoms with Crippen molar-refractivity contribution in [1.29, 1.82) is 0 Å². The predicted octanol–water partition coefficient (Wildman–Crippen LogP) is 15.5. The van der Waals surface area contributed by atoms with Crippen LogP contribution < -0.4 is 4.90 Å². The molecule has 3 heterocycles. The maximum absolute atomic E-state index is 2.66. The van der Waals surface area contributed by atoms with Gasteiger partial charge in [-0.15, -0.1) is 0 Å². The van der Waals surface area contributed by atoms with Crippen LogP contribution in [-0.4, -0.2) is 15.2 Å². The van der Waals surface area contributed by atoms with Crippen LogP contribution >= 0.6 is 0 Å². The van der Waals surface area contributed by atoms with Crippen LogP contribution in [0.4, 0.5) is 11.4 Å². The van der Waals surface area contributed by atoms with Gasteiger partial charge in [-0.05, 0) is 119 Å². The molecule has 6 aromatic carbocycles. The van der Waals surface area contributed by atoms with Crippen LogP contribution in [0.15, 0.2) is 133 Å². The first-order chi connectivity index (χ1) is 28.3. The molecule has 3 heteroatoms. The Hall–Kier alpha value is -5.80. The van der Waals surface area contributed by atoms with Crippen molar-refractivity contribution < 1.29 is 0 Å². The number of hydrogen-bond donors (Lipinski definition) is 0. The summed E-state index contributed by atoms with van der Waals surface area (Å²) in [6, 6.07) is 43.0. The number of hydrogen-bond acceptors (Lipinski definition) is 1. The van der Waals surface area contributed by atoms with Gasteiger partial charge in [0.25, 0.3) is 0 Å². The second-order valence-electron chi connectivity index (χ2n) is 21.1. The highest BCUT2D eigenvalue weighted by molar-refractivity contribution is 6.11. The smallest absolute Gasteiger partial charge is 0.0632 e. The van der Waals surface area contributed by atoms with Crippen molar-refractivity contribution in [3.63, 3.8) is 0 Å². The van der Waals surface area contributed by atoms with E-state index in [2.05, 4.69) is 225 Å². The number of rotatable bonds is 3. The molecule has 1 aliphatic carbocycles. The molecular weight excluding hydrogens is 727 g/mol. The first-order valence-electron chi connectivity index (χ1n) is 21.9. The summed E-state index contributed by atoms with van der Waals surface area (Å²) in [6.07, 6.45) is 7.24. The zero-order chi connectivity index (χ0) is 42.2. The zero-order valence-electron chi connectivity index (χ0n) is 37.6. The molecule has 2 atom stereocenters. The number of nitrogens with zero attached hydrogens (tertiary/aromatic N) is 3. The molecule has 10 rings (SSSR count). The Bertz CT molecular complexity index is 2980. The number of allylic oxidation sites excluding steroid dienone is 2. The van der Waals surface area contributed by atoms with Gasteiger partial charge in [-0.1, -0.05) is 147 Å². The topological polar surface area (TPSA) is 13.1 Å². The van der Waals surface area contributed by atoms with Gasteiger partial charge in [-0.3, -0.25) is 0 Å². The molecule has 0 N–H and O–H groups in total. The molecule has 3 nitrogen and oxygen atoms in total. The molecule has 1 aliphatic heterocycles. The van der Waals surface area contributed by atoms with E-state index in [1.165, 1.54) is 93.9 Å². The Morgan fingerprint density at radius 3 is 1.33 bits per heavy atom. The molecule has 0 spiro atoms. The number of aryl methyl sites for hydroxylation is 2. The summed E-state index contributed by atoms with van der Waals surface area (Å²) in [4.78, 5) is 2.66. The van der Waals surface area contributed by atoms with Crippen molar-refractivity contribution in [2.75, 3.05) is 4.90 Å². The summed E-state index contributed by atoms with van der Waals surface area (Å²) in [6.45, 7) is 27.6. The fourth-order valence-electron chi connectivity index (χ4n) is 10.0. The maximum atomic E-state index is 2.66. The lowest BCUT2D eigenvalue weighted by atomic mass is 9.84. The van der Waals surface area contributed by atoms with Crippen LogP contribution in [0.5, 0.6) is 0 Å². The van der Waals surface area contributed by atoms with Crippen molar-refractivity contribution >= 4 is 55.0 Å². The molecule has 0 amide bonds. The van der Waals surface area contributed by atoms with Gasteiger partial charge in [0.1, 0.15) is 0 Å². The molecule has 0 saturated carbocycles. The Morgan fingerprint density at radius 1 is 0.433 bits per heavy atom. The van der Waals surface area contributed by atoms with E-state index in [1.54, 1.807) is 0 Å². The normalized spacial score (nSPS) is 17.0. The number of benzene rings is 6. The summed E-state index contributed by atoms with van der Waals surface area (Å²) in [7, 11) is 0. The van der Waals surface area contributed by atoms with E-state index < -0.39 is 0 Å². The van der Waals surface area contributed by atoms with Crippen LogP contribution in [0.2, 0.25) is 0 Å². The van der Waals surface area contributed by atoms with Crippen molar-refractivity contribution in [3.8, 4) is 11.4 Å². The van der Waals surface area contributed by atoms with E-state index >= 15 is 0 Å².